The molecule has 0 aromatic rings. The molecule has 1 saturated heterocycles. The number of nitrogens with one attached hydrogen (secondary N) is 3. The molecule has 1 saturated carbocycles. The molecule has 0 bridgehead atoms. The SMILES string of the molecule is CCNC(=NCCN1CCC(C)CC1)NCCNC(=O)C1CC1.I. The number of carbonyl (C=O) groups is 1. The molecule has 1 aliphatic heterocycles. The highest BCUT2D eigenvalue weighted by Gasteiger charge is 2.28. The Morgan fingerprint density at radius 3 is 2.38 bits per heavy atom. The van der Waals surface area contributed by atoms with E-state index in [2.05, 4.69) is 39.7 Å². The minimum Gasteiger partial charge on any atom is -0.357 e. The van der Waals surface area contributed by atoms with Crippen LogP contribution in [-0.2, 0) is 4.79 Å². The van der Waals surface area contributed by atoms with E-state index >= 15 is 0 Å². The van der Waals surface area contributed by atoms with Crippen LogP contribution in [-0.4, -0.2) is 62.6 Å². The van der Waals surface area contributed by atoms with Gasteiger partial charge in [0.2, 0.25) is 5.91 Å². The fourth-order valence-electron chi connectivity index (χ4n) is 2.79. The molecule has 1 amide bonds. The minimum absolute atomic E-state index is 0. The van der Waals surface area contributed by atoms with Crippen molar-refractivity contribution in [3.05, 3.63) is 0 Å². The lowest BCUT2D eigenvalue weighted by Gasteiger charge is -2.29. The summed E-state index contributed by atoms with van der Waals surface area (Å²) in [6, 6.07) is 0. The fourth-order valence-corrected chi connectivity index (χ4v) is 2.79. The number of nitrogens with zero attached hydrogens (tertiary/aromatic N) is 2. The van der Waals surface area contributed by atoms with Crippen molar-refractivity contribution in [2.75, 3.05) is 45.8 Å². The van der Waals surface area contributed by atoms with Crippen LogP contribution in [0.25, 0.3) is 0 Å². The Hall–Kier alpha value is -0.570. The van der Waals surface area contributed by atoms with Crippen molar-refractivity contribution >= 4 is 35.8 Å². The Morgan fingerprint density at radius 2 is 1.75 bits per heavy atom. The first-order chi connectivity index (χ1) is 11.2. The standard InChI is InChI=1S/C17H33N5O.HI/c1-3-18-17(20-9-8-19-16(23)15-4-5-15)21-10-13-22-11-6-14(2)7-12-22;/h14-15H,3-13H2,1-2H3,(H,19,23)(H2,18,20,21);1H. The number of rotatable bonds is 8. The number of guanidine groups is 1. The molecule has 0 unspecified atom stereocenters. The predicted molar refractivity (Wildman–Crippen MR) is 110 cm³/mol. The van der Waals surface area contributed by atoms with Crippen LogP contribution in [0.15, 0.2) is 4.99 Å². The Balaban J connectivity index is 0.00000288. The summed E-state index contributed by atoms with van der Waals surface area (Å²) >= 11 is 0. The van der Waals surface area contributed by atoms with Crippen LogP contribution < -0.4 is 16.0 Å². The summed E-state index contributed by atoms with van der Waals surface area (Å²) in [5, 5.41) is 9.51. The van der Waals surface area contributed by atoms with Gasteiger partial charge < -0.3 is 20.9 Å². The highest BCUT2D eigenvalue weighted by molar-refractivity contribution is 14.0. The number of piperidine rings is 1. The normalized spacial score (nSPS) is 19.5. The third kappa shape index (κ3) is 8.50. The van der Waals surface area contributed by atoms with Gasteiger partial charge in [0.05, 0.1) is 6.54 Å². The van der Waals surface area contributed by atoms with Crippen LogP contribution in [0.2, 0.25) is 0 Å². The minimum atomic E-state index is 0. The summed E-state index contributed by atoms with van der Waals surface area (Å²) < 4.78 is 0. The largest absolute Gasteiger partial charge is 0.357 e. The average molecular weight is 451 g/mol. The molecule has 0 aromatic carbocycles. The van der Waals surface area contributed by atoms with Crippen molar-refractivity contribution in [3.63, 3.8) is 0 Å². The zero-order valence-corrected chi connectivity index (χ0v) is 17.5. The first-order valence-electron chi connectivity index (χ1n) is 9.21. The van der Waals surface area contributed by atoms with Gasteiger partial charge in [-0.3, -0.25) is 9.79 Å². The molecular formula is C17H34IN5O. The first-order valence-corrected chi connectivity index (χ1v) is 9.21. The summed E-state index contributed by atoms with van der Waals surface area (Å²) in [5.74, 6) is 2.20. The number of carbonyl (C=O) groups excluding carboxylic acids is 1. The van der Waals surface area contributed by atoms with E-state index in [1.54, 1.807) is 0 Å². The van der Waals surface area contributed by atoms with E-state index in [1.807, 2.05) is 0 Å². The zero-order chi connectivity index (χ0) is 16.5. The molecule has 0 atom stereocenters. The van der Waals surface area contributed by atoms with Gasteiger partial charge in [-0.2, -0.15) is 0 Å². The molecule has 7 heteroatoms. The Labute approximate surface area is 163 Å². The molecule has 0 aromatic heterocycles. The maximum Gasteiger partial charge on any atom is 0.223 e. The molecule has 2 rings (SSSR count). The molecule has 6 nitrogen and oxygen atoms in total. The molecule has 0 spiro atoms. The van der Waals surface area contributed by atoms with Gasteiger partial charge >= 0.3 is 0 Å². The summed E-state index contributed by atoms with van der Waals surface area (Å²) in [7, 11) is 0. The van der Waals surface area contributed by atoms with E-state index < -0.39 is 0 Å². The molecule has 24 heavy (non-hydrogen) atoms. The van der Waals surface area contributed by atoms with Crippen LogP contribution in [0.5, 0.6) is 0 Å². The lowest BCUT2D eigenvalue weighted by atomic mass is 9.99. The maximum atomic E-state index is 11.6. The van der Waals surface area contributed by atoms with E-state index in [0.29, 0.717) is 13.1 Å². The molecular weight excluding hydrogens is 417 g/mol. The third-order valence-electron chi connectivity index (χ3n) is 4.57. The molecule has 1 aliphatic carbocycles. The maximum absolute atomic E-state index is 11.6. The number of aliphatic imine (C=N–C) groups is 1. The first kappa shape index (κ1) is 21.5. The van der Waals surface area contributed by atoms with Gasteiger partial charge in [0.15, 0.2) is 5.96 Å². The monoisotopic (exact) mass is 451 g/mol. The van der Waals surface area contributed by atoms with Gasteiger partial charge in [-0.15, -0.1) is 24.0 Å². The van der Waals surface area contributed by atoms with Crippen molar-refractivity contribution in [2.45, 2.75) is 39.5 Å². The Bertz CT molecular complexity index is 392. The second-order valence-electron chi connectivity index (χ2n) is 6.78. The molecule has 1 heterocycles. The molecule has 3 N–H and O–H groups in total. The number of hydrogen-bond donors (Lipinski definition) is 3. The van der Waals surface area contributed by atoms with Gasteiger partial charge in [-0.25, -0.2) is 0 Å². The van der Waals surface area contributed by atoms with E-state index in [1.165, 1.54) is 25.9 Å². The van der Waals surface area contributed by atoms with Gasteiger partial charge in [0.25, 0.3) is 0 Å². The lowest BCUT2D eigenvalue weighted by molar-refractivity contribution is -0.122. The van der Waals surface area contributed by atoms with Crippen LogP contribution in [0, 0.1) is 11.8 Å². The highest BCUT2D eigenvalue weighted by atomic mass is 127. The van der Waals surface area contributed by atoms with Gasteiger partial charge in [-0.05, 0) is 51.6 Å². The smallest absolute Gasteiger partial charge is 0.223 e. The predicted octanol–water partition coefficient (Wildman–Crippen LogP) is 1.42. The second kappa shape index (κ2) is 11.9. The van der Waals surface area contributed by atoms with Crippen LogP contribution in [0.3, 0.4) is 0 Å². The molecule has 140 valence electrons. The van der Waals surface area contributed by atoms with Crippen molar-refractivity contribution < 1.29 is 4.79 Å². The van der Waals surface area contributed by atoms with E-state index in [0.717, 1.165) is 44.4 Å². The summed E-state index contributed by atoms with van der Waals surface area (Å²) in [6.45, 7) is 10.9. The molecule has 2 fully saturated rings. The van der Waals surface area contributed by atoms with Crippen molar-refractivity contribution in [1.82, 2.24) is 20.9 Å². The highest BCUT2D eigenvalue weighted by Crippen LogP contribution is 2.28. The topological polar surface area (TPSA) is 68.8 Å². The Kier molecular flexibility index (Phi) is 10.6. The Morgan fingerprint density at radius 1 is 1.08 bits per heavy atom. The van der Waals surface area contributed by atoms with Crippen molar-refractivity contribution in [1.29, 1.82) is 0 Å². The van der Waals surface area contributed by atoms with Gasteiger partial charge in [-0.1, -0.05) is 6.92 Å². The van der Waals surface area contributed by atoms with Crippen LogP contribution in [0.4, 0.5) is 0 Å². The summed E-state index contributed by atoms with van der Waals surface area (Å²) in [4.78, 5) is 18.7. The number of hydrogen-bond acceptors (Lipinski definition) is 3. The quantitative estimate of drug-likeness (QED) is 0.226. The van der Waals surface area contributed by atoms with Crippen molar-refractivity contribution in [3.8, 4) is 0 Å². The van der Waals surface area contributed by atoms with Crippen LogP contribution >= 0.6 is 24.0 Å². The van der Waals surface area contributed by atoms with Crippen molar-refractivity contribution in [2.24, 2.45) is 16.8 Å². The summed E-state index contributed by atoms with van der Waals surface area (Å²) in [5.41, 5.74) is 0. The zero-order valence-electron chi connectivity index (χ0n) is 15.1. The molecule has 2 aliphatic rings. The number of amides is 1. The fraction of sp³-hybridized carbons (Fsp3) is 0.882. The number of likely N-dealkylation sites (tertiary alicyclic amines) is 1. The second-order valence-corrected chi connectivity index (χ2v) is 6.78. The van der Waals surface area contributed by atoms with E-state index in [4.69, 9.17) is 0 Å². The third-order valence-corrected chi connectivity index (χ3v) is 4.57. The lowest BCUT2D eigenvalue weighted by Crippen LogP contribution is -2.42. The van der Waals surface area contributed by atoms with E-state index in [9.17, 15) is 4.79 Å². The van der Waals surface area contributed by atoms with E-state index in [-0.39, 0.29) is 35.8 Å². The summed E-state index contributed by atoms with van der Waals surface area (Å²) in [6.07, 6.45) is 4.72. The van der Waals surface area contributed by atoms with Crippen LogP contribution in [0.1, 0.15) is 39.5 Å². The van der Waals surface area contributed by atoms with Gasteiger partial charge in [0, 0.05) is 32.1 Å². The molecule has 0 radical (unpaired) electrons. The van der Waals surface area contributed by atoms with Gasteiger partial charge in [0.1, 0.15) is 0 Å². The average Bonchev–Trinajstić information content (AvgIpc) is 3.38. The number of halogens is 1.